The summed E-state index contributed by atoms with van der Waals surface area (Å²) in [4.78, 5) is 24.4. The van der Waals surface area contributed by atoms with E-state index in [0.29, 0.717) is 11.3 Å². The third kappa shape index (κ3) is 8.08. The molecule has 0 amide bonds. The summed E-state index contributed by atoms with van der Waals surface area (Å²) in [5, 5.41) is 30.1. The highest BCUT2D eigenvalue weighted by Crippen LogP contribution is 2.35. The van der Waals surface area contributed by atoms with E-state index >= 15 is 4.39 Å². The van der Waals surface area contributed by atoms with Gasteiger partial charge in [0.15, 0.2) is 23.2 Å². The van der Waals surface area contributed by atoms with Crippen LogP contribution in [0.5, 0.6) is 11.5 Å². The van der Waals surface area contributed by atoms with Crippen molar-refractivity contribution in [2.24, 2.45) is 5.73 Å². The zero-order valence-electron chi connectivity index (χ0n) is 22.1. The van der Waals surface area contributed by atoms with Crippen LogP contribution in [-0.4, -0.2) is 61.8 Å². The maximum Gasteiger partial charge on any atom is 0.349 e. The van der Waals surface area contributed by atoms with Crippen molar-refractivity contribution in [1.82, 2.24) is 25.0 Å². The average Bonchev–Trinajstić information content (AvgIpc) is 3.33. The topological polar surface area (TPSA) is 194 Å². The molecular weight excluding hydrogens is 542 g/mol. The van der Waals surface area contributed by atoms with Gasteiger partial charge in [0.25, 0.3) is 5.97 Å². The van der Waals surface area contributed by atoms with Gasteiger partial charge in [-0.05, 0) is 49.4 Å². The van der Waals surface area contributed by atoms with E-state index in [4.69, 9.17) is 30.5 Å². The molecule has 6 N–H and O–H groups in total. The number of nitrogens with one attached hydrogen (secondary N) is 3. The summed E-state index contributed by atoms with van der Waals surface area (Å²) >= 11 is 0. The van der Waals surface area contributed by atoms with Gasteiger partial charge in [0.05, 0.1) is 6.61 Å². The molecule has 0 aliphatic rings. The summed E-state index contributed by atoms with van der Waals surface area (Å²) in [5.41, 5.74) is 5.95. The van der Waals surface area contributed by atoms with Crippen molar-refractivity contribution in [3.05, 3.63) is 88.0 Å². The Labute approximate surface area is 232 Å². The average molecular weight is 571 g/mol. The molecule has 13 nitrogen and oxygen atoms in total. The molecule has 0 saturated heterocycles. The molecule has 41 heavy (non-hydrogen) atoms. The maximum atomic E-state index is 15.7. The molecular formula is C26H28F2N8O5. The van der Waals surface area contributed by atoms with E-state index in [1.165, 1.54) is 18.3 Å². The van der Waals surface area contributed by atoms with Crippen LogP contribution >= 0.6 is 0 Å². The van der Waals surface area contributed by atoms with E-state index in [1.807, 2.05) is 0 Å². The molecule has 2 aromatic carbocycles. The number of nitrogen functional groups attached to an aromatic ring is 1. The Morgan fingerprint density at radius 3 is 2.54 bits per heavy atom. The van der Waals surface area contributed by atoms with Gasteiger partial charge in [-0.15, -0.1) is 10.2 Å². The highest BCUT2D eigenvalue weighted by molar-refractivity contribution is 5.95. The Bertz CT molecular complexity index is 1520. The second kappa shape index (κ2) is 14.2. The molecule has 4 aromatic rings. The summed E-state index contributed by atoms with van der Waals surface area (Å²) < 4.78 is 40.4. The maximum absolute atomic E-state index is 15.7. The van der Waals surface area contributed by atoms with Gasteiger partial charge < -0.3 is 25.6 Å². The lowest BCUT2D eigenvalue weighted by molar-refractivity contribution is -0.134. The molecule has 0 spiro atoms. The summed E-state index contributed by atoms with van der Waals surface area (Å²) in [6, 6.07) is 11.4. The lowest BCUT2D eigenvalue weighted by Gasteiger charge is -2.21. The smallest absolute Gasteiger partial charge is 0.349 e. The molecule has 15 heteroatoms. The molecule has 0 saturated carbocycles. The molecule has 1 unspecified atom stereocenters. The highest BCUT2D eigenvalue weighted by atomic mass is 19.1. The standard InChI is InChI=1S/C24H24F2N8O3.C2H4O2/c1-2-36-16-12-17(20(26)18(13-16)37-11-9-25)21(30-15-7-5-14(6-8-15)22(27)28)23-31-24(35)34(33-23)19-4-3-10-29-32-19;1-2(3)4/h3-8,10,12-13,21,30H,2,9,11H2,1H3,(H3,27,28)(H,31,33,35);1H3,(H,3,4). The number of halogens is 2. The number of nitrogens with two attached hydrogens (primary N) is 1. The van der Waals surface area contributed by atoms with Crippen LogP contribution in [0.25, 0.3) is 5.82 Å². The third-order valence-electron chi connectivity index (χ3n) is 5.19. The van der Waals surface area contributed by atoms with Gasteiger partial charge in [0.1, 0.15) is 30.9 Å². The molecule has 2 heterocycles. The zero-order valence-corrected chi connectivity index (χ0v) is 22.1. The van der Waals surface area contributed by atoms with Crippen LogP contribution in [0.2, 0.25) is 0 Å². The fourth-order valence-electron chi connectivity index (χ4n) is 3.55. The zero-order chi connectivity index (χ0) is 29.9. The number of aromatic nitrogens is 5. The predicted molar refractivity (Wildman–Crippen MR) is 145 cm³/mol. The van der Waals surface area contributed by atoms with Crippen molar-refractivity contribution in [1.29, 1.82) is 5.41 Å². The number of aliphatic carboxylic acids is 1. The third-order valence-corrected chi connectivity index (χ3v) is 5.19. The van der Waals surface area contributed by atoms with Crippen molar-refractivity contribution in [3.63, 3.8) is 0 Å². The number of H-pyrrole nitrogens is 1. The Morgan fingerprint density at radius 1 is 1.24 bits per heavy atom. The molecule has 2 aromatic heterocycles. The quantitative estimate of drug-likeness (QED) is 0.132. The molecule has 1 atom stereocenters. The lowest BCUT2D eigenvalue weighted by Crippen LogP contribution is -2.18. The van der Waals surface area contributed by atoms with Crippen molar-refractivity contribution < 1.29 is 28.2 Å². The van der Waals surface area contributed by atoms with Gasteiger partial charge in [-0.1, -0.05) is 0 Å². The normalized spacial score (nSPS) is 11.1. The van der Waals surface area contributed by atoms with E-state index in [9.17, 15) is 9.18 Å². The summed E-state index contributed by atoms with van der Waals surface area (Å²) in [6.45, 7) is 1.97. The van der Waals surface area contributed by atoms with Crippen LogP contribution in [0, 0.1) is 11.2 Å². The van der Waals surface area contributed by atoms with Crippen LogP contribution in [0.15, 0.2) is 59.5 Å². The Morgan fingerprint density at radius 2 is 1.95 bits per heavy atom. The van der Waals surface area contributed by atoms with Crippen molar-refractivity contribution in [3.8, 4) is 17.3 Å². The van der Waals surface area contributed by atoms with Crippen LogP contribution in [-0.2, 0) is 4.79 Å². The number of alkyl halides is 1. The van der Waals surface area contributed by atoms with Gasteiger partial charge >= 0.3 is 5.69 Å². The number of carboxylic acids is 1. The van der Waals surface area contributed by atoms with E-state index in [0.717, 1.165) is 11.6 Å². The van der Waals surface area contributed by atoms with Gasteiger partial charge in [-0.25, -0.2) is 13.6 Å². The number of amidine groups is 1. The number of ether oxygens (including phenoxy) is 2. The summed E-state index contributed by atoms with van der Waals surface area (Å²) in [6.07, 6.45) is 1.45. The minimum Gasteiger partial charge on any atom is -0.494 e. The molecule has 0 radical (unpaired) electrons. The van der Waals surface area contributed by atoms with Crippen LogP contribution in [0.4, 0.5) is 14.5 Å². The summed E-state index contributed by atoms with van der Waals surface area (Å²) in [5.74, 6) is -1.45. The van der Waals surface area contributed by atoms with E-state index in [1.54, 1.807) is 43.3 Å². The number of aromatic amines is 1. The first-order chi connectivity index (χ1) is 19.6. The van der Waals surface area contributed by atoms with Gasteiger partial charge in [-0.2, -0.15) is 9.78 Å². The van der Waals surface area contributed by atoms with Gasteiger partial charge in [0.2, 0.25) is 0 Å². The van der Waals surface area contributed by atoms with Crippen molar-refractivity contribution >= 4 is 17.5 Å². The molecule has 216 valence electrons. The molecule has 0 bridgehead atoms. The molecule has 0 fully saturated rings. The minimum atomic E-state index is -1.05. The largest absolute Gasteiger partial charge is 0.494 e. The Hall–Kier alpha value is -5.34. The second-order valence-corrected chi connectivity index (χ2v) is 8.19. The molecule has 0 aliphatic carbocycles. The van der Waals surface area contributed by atoms with E-state index in [2.05, 4.69) is 25.6 Å². The predicted octanol–water partition coefficient (Wildman–Crippen LogP) is 2.81. The van der Waals surface area contributed by atoms with Crippen molar-refractivity contribution in [2.75, 3.05) is 25.2 Å². The van der Waals surface area contributed by atoms with Crippen LogP contribution in [0.1, 0.15) is 36.8 Å². The van der Waals surface area contributed by atoms with Crippen molar-refractivity contribution in [2.45, 2.75) is 19.9 Å². The number of anilines is 1. The number of nitrogens with zero attached hydrogens (tertiary/aromatic N) is 4. The number of carbonyl (C=O) groups is 1. The highest BCUT2D eigenvalue weighted by Gasteiger charge is 2.27. The first-order valence-electron chi connectivity index (χ1n) is 12.2. The van der Waals surface area contributed by atoms with Crippen LogP contribution < -0.4 is 26.2 Å². The second-order valence-electron chi connectivity index (χ2n) is 8.19. The molecule has 4 rings (SSSR count). The number of benzene rings is 2. The number of carboxylic acid groups (broad SMARTS) is 1. The van der Waals surface area contributed by atoms with Gasteiger partial charge in [-0.3, -0.25) is 15.2 Å². The lowest BCUT2D eigenvalue weighted by atomic mass is 10.0. The first-order valence-corrected chi connectivity index (χ1v) is 12.2. The van der Waals surface area contributed by atoms with E-state index < -0.39 is 30.2 Å². The SMILES string of the molecule is CC(=O)O.CCOc1cc(OCCF)c(F)c(C(Nc2ccc(C(=N)N)cc2)c2nn(-c3cccnn3)c(=O)[nH]2)c1. The fraction of sp³-hybridized carbons (Fsp3) is 0.231. The van der Waals surface area contributed by atoms with E-state index in [-0.39, 0.29) is 47.8 Å². The number of rotatable bonds is 11. The Balaban J connectivity index is 0.00000108. The number of hydrogen-bond donors (Lipinski definition) is 5. The number of hydrogen-bond acceptors (Lipinski definition) is 9. The fourth-order valence-corrected chi connectivity index (χ4v) is 3.55. The Kier molecular flexibility index (Phi) is 10.4. The summed E-state index contributed by atoms with van der Waals surface area (Å²) in [7, 11) is 0. The van der Waals surface area contributed by atoms with Crippen LogP contribution in [0.3, 0.4) is 0 Å². The minimum absolute atomic E-state index is 0.0236. The first kappa shape index (κ1) is 30.2. The van der Waals surface area contributed by atoms with Gasteiger partial charge in [0, 0.05) is 36.0 Å². The monoisotopic (exact) mass is 570 g/mol. The molecule has 0 aliphatic heterocycles.